The number of thiazole rings is 1. The van der Waals surface area contributed by atoms with Crippen molar-refractivity contribution in [3.05, 3.63) is 23.8 Å². The molecule has 0 amide bonds. The third-order valence-corrected chi connectivity index (χ3v) is 6.50. The molecule has 0 saturated heterocycles. The molecular formula is C13H14N2O4S2. The molecule has 6 nitrogen and oxygen atoms in total. The maximum Gasteiger partial charge on any atom is 0.335 e. The summed E-state index contributed by atoms with van der Waals surface area (Å²) in [5.41, 5.74) is 0.755. The Kier molecular flexibility index (Phi) is 3.58. The topological polar surface area (TPSA) is 96.4 Å². The molecule has 3 rings (SSSR count). The van der Waals surface area contributed by atoms with Crippen LogP contribution in [-0.2, 0) is 10.0 Å². The molecule has 0 bridgehead atoms. The maximum atomic E-state index is 12.2. The van der Waals surface area contributed by atoms with E-state index in [1.54, 1.807) is 6.07 Å². The van der Waals surface area contributed by atoms with Crippen LogP contribution in [0.4, 0.5) is 5.13 Å². The van der Waals surface area contributed by atoms with Crippen molar-refractivity contribution in [1.82, 2.24) is 4.98 Å². The summed E-state index contributed by atoms with van der Waals surface area (Å²) >= 11 is 1.15. The number of hydrogen-bond donors (Lipinski definition) is 2. The predicted octanol–water partition coefficient (Wildman–Crippen LogP) is 2.68. The largest absolute Gasteiger partial charge is 0.478 e. The van der Waals surface area contributed by atoms with E-state index in [0.717, 1.165) is 24.2 Å². The Balaban J connectivity index is 1.89. The first-order valence-electron chi connectivity index (χ1n) is 6.61. The highest BCUT2D eigenvalue weighted by Gasteiger charge is 2.29. The summed E-state index contributed by atoms with van der Waals surface area (Å²) in [5, 5.41) is 8.90. The second kappa shape index (κ2) is 5.27. The summed E-state index contributed by atoms with van der Waals surface area (Å²) in [6, 6.07) is 4.55. The third kappa shape index (κ3) is 2.86. The zero-order valence-electron chi connectivity index (χ0n) is 11.1. The van der Waals surface area contributed by atoms with Crippen LogP contribution in [0.25, 0.3) is 10.2 Å². The number of aromatic nitrogens is 1. The average molecular weight is 326 g/mol. The van der Waals surface area contributed by atoms with E-state index in [4.69, 9.17) is 5.11 Å². The van der Waals surface area contributed by atoms with E-state index in [2.05, 4.69) is 9.71 Å². The fraction of sp³-hybridized carbons (Fsp3) is 0.385. The molecule has 1 saturated carbocycles. The monoisotopic (exact) mass is 326 g/mol. The number of rotatable bonds is 4. The zero-order valence-corrected chi connectivity index (χ0v) is 12.7. The van der Waals surface area contributed by atoms with Gasteiger partial charge < -0.3 is 5.11 Å². The van der Waals surface area contributed by atoms with Crippen LogP contribution >= 0.6 is 11.3 Å². The standard InChI is InChI=1S/C13H14N2O4S2/c16-12(17)8-5-6-10-11(7-8)20-13(14-10)15-21(18,19)9-3-1-2-4-9/h5-7,9H,1-4H2,(H,14,15)(H,16,17). The van der Waals surface area contributed by atoms with Gasteiger partial charge in [0.15, 0.2) is 5.13 Å². The van der Waals surface area contributed by atoms with Crippen LogP contribution in [0, 0.1) is 0 Å². The number of nitrogens with one attached hydrogen (secondary N) is 1. The molecule has 1 heterocycles. The Bertz CT molecular complexity index is 792. The first-order chi connectivity index (χ1) is 9.95. The van der Waals surface area contributed by atoms with Crippen molar-refractivity contribution in [3.8, 4) is 0 Å². The first kappa shape index (κ1) is 14.3. The maximum absolute atomic E-state index is 12.2. The minimum atomic E-state index is -3.41. The molecule has 1 aliphatic rings. The van der Waals surface area contributed by atoms with Gasteiger partial charge in [-0.1, -0.05) is 24.2 Å². The van der Waals surface area contributed by atoms with Gasteiger partial charge in [-0.05, 0) is 31.0 Å². The van der Waals surface area contributed by atoms with Crippen molar-refractivity contribution >= 4 is 42.7 Å². The van der Waals surface area contributed by atoms with Gasteiger partial charge in [-0.2, -0.15) is 0 Å². The van der Waals surface area contributed by atoms with Crippen LogP contribution in [-0.4, -0.2) is 29.7 Å². The van der Waals surface area contributed by atoms with Gasteiger partial charge in [0.05, 0.1) is 21.0 Å². The van der Waals surface area contributed by atoms with Gasteiger partial charge in [-0.25, -0.2) is 18.2 Å². The van der Waals surface area contributed by atoms with Crippen molar-refractivity contribution in [1.29, 1.82) is 0 Å². The van der Waals surface area contributed by atoms with Crippen molar-refractivity contribution in [3.63, 3.8) is 0 Å². The van der Waals surface area contributed by atoms with Crippen molar-refractivity contribution in [2.24, 2.45) is 0 Å². The molecule has 1 fully saturated rings. The fourth-order valence-electron chi connectivity index (χ4n) is 2.50. The lowest BCUT2D eigenvalue weighted by molar-refractivity contribution is 0.0697. The van der Waals surface area contributed by atoms with Gasteiger partial charge >= 0.3 is 5.97 Å². The van der Waals surface area contributed by atoms with E-state index in [0.29, 0.717) is 28.2 Å². The number of anilines is 1. The highest BCUT2D eigenvalue weighted by Crippen LogP contribution is 2.30. The Hall–Kier alpha value is -1.67. The smallest absolute Gasteiger partial charge is 0.335 e. The number of sulfonamides is 1. The van der Waals surface area contributed by atoms with E-state index in [9.17, 15) is 13.2 Å². The number of fused-ring (bicyclic) bond motifs is 1. The van der Waals surface area contributed by atoms with Crippen LogP contribution in [0.1, 0.15) is 36.0 Å². The summed E-state index contributed by atoms with van der Waals surface area (Å²) in [6.07, 6.45) is 3.24. The van der Waals surface area contributed by atoms with Gasteiger partial charge in [-0.3, -0.25) is 4.72 Å². The van der Waals surface area contributed by atoms with Gasteiger partial charge in [0.1, 0.15) is 0 Å². The summed E-state index contributed by atoms with van der Waals surface area (Å²) in [5.74, 6) is -1.02. The molecule has 8 heteroatoms. The van der Waals surface area contributed by atoms with E-state index < -0.39 is 16.0 Å². The molecule has 0 spiro atoms. The van der Waals surface area contributed by atoms with Crippen LogP contribution in [0.3, 0.4) is 0 Å². The molecule has 0 unspecified atom stereocenters. The van der Waals surface area contributed by atoms with Crippen LogP contribution < -0.4 is 4.72 Å². The molecule has 2 N–H and O–H groups in total. The third-order valence-electron chi connectivity index (χ3n) is 3.61. The van der Waals surface area contributed by atoms with Crippen molar-refractivity contribution < 1.29 is 18.3 Å². The minimum Gasteiger partial charge on any atom is -0.478 e. The predicted molar refractivity (Wildman–Crippen MR) is 81.4 cm³/mol. The van der Waals surface area contributed by atoms with Crippen LogP contribution in [0.15, 0.2) is 18.2 Å². The Morgan fingerprint density at radius 3 is 2.71 bits per heavy atom. The molecule has 1 aromatic heterocycles. The van der Waals surface area contributed by atoms with Gasteiger partial charge in [0.25, 0.3) is 0 Å². The second-order valence-electron chi connectivity index (χ2n) is 5.06. The summed E-state index contributed by atoms with van der Waals surface area (Å²) in [6.45, 7) is 0. The van der Waals surface area contributed by atoms with E-state index in [1.807, 2.05) is 0 Å². The Morgan fingerprint density at radius 2 is 2.05 bits per heavy atom. The van der Waals surface area contributed by atoms with Crippen LogP contribution in [0.5, 0.6) is 0 Å². The fourth-order valence-corrected chi connectivity index (χ4v) is 5.19. The minimum absolute atomic E-state index is 0.163. The number of carbonyl (C=O) groups is 1. The van der Waals surface area contributed by atoms with E-state index in [1.165, 1.54) is 12.1 Å². The summed E-state index contributed by atoms with van der Waals surface area (Å²) in [7, 11) is -3.41. The molecule has 1 aromatic carbocycles. The van der Waals surface area contributed by atoms with E-state index >= 15 is 0 Å². The zero-order chi connectivity index (χ0) is 15.0. The highest BCUT2D eigenvalue weighted by atomic mass is 32.2. The number of aromatic carboxylic acids is 1. The number of hydrogen-bond acceptors (Lipinski definition) is 5. The summed E-state index contributed by atoms with van der Waals surface area (Å²) < 4.78 is 27.6. The highest BCUT2D eigenvalue weighted by molar-refractivity contribution is 7.93. The second-order valence-corrected chi connectivity index (χ2v) is 8.05. The molecular weight excluding hydrogens is 312 g/mol. The molecule has 0 atom stereocenters. The lowest BCUT2D eigenvalue weighted by Crippen LogP contribution is -2.25. The SMILES string of the molecule is O=C(O)c1ccc2nc(NS(=O)(=O)C3CCCC3)sc2c1. The van der Waals surface area contributed by atoms with E-state index in [-0.39, 0.29) is 10.8 Å². The number of carboxylic acids is 1. The molecule has 112 valence electrons. The Morgan fingerprint density at radius 1 is 1.33 bits per heavy atom. The van der Waals surface area contributed by atoms with Crippen molar-refractivity contribution in [2.75, 3.05) is 4.72 Å². The van der Waals surface area contributed by atoms with Crippen LogP contribution in [0.2, 0.25) is 0 Å². The molecule has 0 aliphatic heterocycles. The van der Waals surface area contributed by atoms with Gasteiger partial charge in [0.2, 0.25) is 10.0 Å². The van der Waals surface area contributed by atoms with Crippen molar-refractivity contribution in [2.45, 2.75) is 30.9 Å². The average Bonchev–Trinajstić information content (AvgIpc) is 3.06. The normalized spacial score (nSPS) is 16.4. The first-order valence-corrected chi connectivity index (χ1v) is 8.97. The lowest BCUT2D eigenvalue weighted by Gasteiger charge is -2.10. The number of nitrogens with zero attached hydrogens (tertiary/aromatic N) is 1. The molecule has 2 aromatic rings. The number of carboxylic acid groups (broad SMARTS) is 1. The molecule has 0 radical (unpaired) electrons. The molecule has 1 aliphatic carbocycles. The molecule has 21 heavy (non-hydrogen) atoms. The Labute approximate surface area is 125 Å². The van der Waals surface area contributed by atoms with Gasteiger partial charge in [0, 0.05) is 0 Å². The number of benzene rings is 1. The summed E-state index contributed by atoms with van der Waals surface area (Å²) in [4.78, 5) is 15.1. The van der Waals surface area contributed by atoms with Gasteiger partial charge in [-0.15, -0.1) is 0 Å². The lowest BCUT2D eigenvalue weighted by atomic mass is 10.2. The quantitative estimate of drug-likeness (QED) is 0.900.